The molecule has 0 radical (unpaired) electrons. The van der Waals surface area contributed by atoms with E-state index in [1.807, 2.05) is 6.92 Å². The molecule has 0 spiro atoms. The van der Waals surface area contributed by atoms with Gasteiger partial charge in [0.15, 0.2) is 5.60 Å². The fourth-order valence-corrected chi connectivity index (χ4v) is 2.25. The Morgan fingerprint density at radius 1 is 1.59 bits per heavy atom. The maximum atomic E-state index is 11.4. The lowest BCUT2D eigenvalue weighted by Crippen LogP contribution is -2.51. The molecule has 1 aliphatic heterocycles. The zero-order chi connectivity index (χ0) is 12.9. The average Bonchev–Trinajstić information content (AvgIpc) is 2.28. The number of carbonyl (C=O) groups is 1. The van der Waals surface area contributed by atoms with E-state index >= 15 is 0 Å². The van der Waals surface area contributed by atoms with Gasteiger partial charge in [0.05, 0.1) is 13.2 Å². The van der Waals surface area contributed by atoms with E-state index in [2.05, 4.69) is 9.64 Å². The predicted octanol–water partition coefficient (Wildman–Crippen LogP) is 0.411. The van der Waals surface area contributed by atoms with Gasteiger partial charge in [-0.3, -0.25) is 4.90 Å². The second kappa shape index (κ2) is 6.33. The lowest BCUT2D eigenvalue weighted by Gasteiger charge is -2.35. The maximum absolute atomic E-state index is 11.4. The van der Waals surface area contributed by atoms with Crippen molar-refractivity contribution >= 4 is 5.97 Å². The number of carbonyl (C=O) groups excluding carboxylic acids is 1. The number of likely N-dealkylation sites (tertiary alicyclic amines) is 1. The molecule has 2 unspecified atom stereocenters. The van der Waals surface area contributed by atoms with E-state index in [4.69, 9.17) is 4.74 Å². The molecule has 17 heavy (non-hydrogen) atoms. The first-order chi connectivity index (χ1) is 7.99. The minimum Gasteiger partial charge on any atom is -0.467 e. The molecule has 0 aromatic rings. The van der Waals surface area contributed by atoms with Gasteiger partial charge < -0.3 is 14.6 Å². The highest BCUT2D eigenvalue weighted by Gasteiger charge is 2.35. The van der Waals surface area contributed by atoms with Crippen LogP contribution in [0.1, 0.15) is 26.7 Å². The number of piperidine rings is 1. The fourth-order valence-electron chi connectivity index (χ4n) is 2.25. The topological polar surface area (TPSA) is 59.0 Å². The minimum absolute atomic E-state index is 0.210. The van der Waals surface area contributed by atoms with Gasteiger partial charge >= 0.3 is 5.97 Å². The van der Waals surface area contributed by atoms with Gasteiger partial charge in [-0.25, -0.2) is 4.79 Å². The molecule has 0 bridgehead atoms. The third-order valence-electron chi connectivity index (χ3n) is 3.02. The first-order valence-electron chi connectivity index (χ1n) is 6.14. The van der Waals surface area contributed by atoms with Crippen LogP contribution in [0.3, 0.4) is 0 Å². The molecular weight excluding hydrogens is 222 g/mol. The summed E-state index contributed by atoms with van der Waals surface area (Å²) in [4.78, 5) is 13.4. The first-order valence-corrected chi connectivity index (χ1v) is 6.14. The summed E-state index contributed by atoms with van der Waals surface area (Å²) in [5.74, 6) is -0.587. The van der Waals surface area contributed by atoms with Gasteiger partial charge in [-0.2, -0.15) is 0 Å². The van der Waals surface area contributed by atoms with E-state index in [0.717, 1.165) is 25.9 Å². The Labute approximate surface area is 103 Å². The van der Waals surface area contributed by atoms with Crippen LogP contribution in [0.5, 0.6) is 0 Å². The van der Waals surface area contributed by atoms with Crippen LogP contribution in [0.25, 0.3) is 0 Å². The molecule has 1 fully saturated rings. The van der Waals surface area contributed by atoms with Gasteiger partial charge in [0.1, 0.15) is 0 Å². The highest BCUT2D eigenvalue weighted by atomic mass is 16.5. The van der Waals surface area contributed by atoms with Crippen molar-refractivity contribution < 1.29 is 19.4 Å². The first kappa shape index (κ1) is 14.4. The summed E-state index contributed by atoms with van der Waals surface area (Å²) in [6, 6.07) is 0. The van der Waals surface area contributed by atoms with E-state index in [9.17, 15) is 9.90 Å². The van der Waals surface area contributed by atoms with Crippen molar-refractivity contribution in [2.75, 3.05) is 33.4 Å². The standard InChI is InChI=1S/C12H23NO4/c1-4-17-10-6-5-7-13(8-10)9-12(2,15)11(14)16-3/h10,15H,4-9H2,1-3H3. The third kappa shape index (κ3) is 4.26. The summed E-state index contributed by atoms with van der Waals surface area (Å²) >= 11 is 0. The van der Waals surface area contributed by atoms with Crippen LogP contribution >= 0.6 is 0 Å². The largest absolute Gasteiger partial charge is 0.467 e. The van der Waals surface area contributed by atoms with Crippen molar-refractivity contribution in [3.05, 3.63) is 0 Å². The Balaban J connectivity index is 2.47. The van der Waals surface area contributed by atoms with Crippen molar-refractivity contribution in [2.24, 2.45) is 0 Å². The molecule has 0 aromatic heterocycles. The van der Waals surface area contributed by atoms with Crippen LogP contribution in [0.4, 0.5) is 0 Å². The molecule has 5 nitrogen and oxygen atoms in total. The van der Waals surface area contributed by atoms with Crippen molar-refractivity contribution in [1.82, 2.24) is 4.90 Å². The molecule has 1 rings (SSSR count). The molecule has 1 saturated heterocycles. The number of ether oxygens (including phenoxy) is 2. The maximum Gasteiger partial charge on any atom is 0.338 e. The lowest BCUT2D eigenvalue weighted by molar-refractivity contribution is -0.163. The van der Waals surface area contributed by atoms with E-state index in [-0.39, 0.29) is 6.10 Å². The van der Waals surface area contributed by atoms with Crippen LogP contribution in [0.2, 0.25) is 0 Å². The van der Waals surface area contributed by atoms with Gasteiger partial charge in [-0.15, -0.1) is 0 Å². The van der Waals surface area contributed by atoms with Crippen LogP contribution in [-0.2, 0) is 14.3 Å². The molecule has 0 amide bonds. The van der Waals surface area contributed by atoms with Gasteiger partial charge in [0, 0.05) is 19.7 Å². The molecule has 1 N–H and O–H groups in total. The number of β-amino-alcohol motifs (C(OH)–C–C–N with tert-alkyl or cyclic N) is 1. The Morgan fingerprint density at radius 3 is 2.88 bits per heavy atom. The van der Waals surface area contributed by atoms with E-state index in [1.165, 1.54) is 14.0 Å². The zero-order valence-electron chi connectivity index (χ0n) is 10.9. The molecule has 0 aliphatic carbocycles. The number of nitrogens with zero attached hydrogens (tertiary/aromatic N) is 1. The Bertz CT molecular complexity index is 253. The van der Waals surface area contributed by atoms with E-state index in [0.29, 0.717) is 13.2 Å². The van der Waals surface area contributed by atoms with Crippen LogP contribution < -0.4 is 0 Å². The summed E-state index contributed by atoms with van der Waals surface area (Å²) < 4.78 is 10.2. The van der Waals surface area contributed by atoms with Gasteiger partial charge in [-0.1, -0.05) is 0 Å². The number of rotatable bonds is 5. The summed E-state index contributed by atoms with van der Waals surface area (Å²) in [5.41, 5.74) is -1.44. The summed E-state index contributed by atoms with van der Waals surface area (Å²) in [6.07, 6.45) is 2.29. The highest BCUT2D eigenvalue weighted by Crippen LogP contribution is 2.17. The number of methoxy groups -OCH3 is 1. The van der Waals surface area contributed by atoms with Crippen LogP contribution in [-0.4, -0.2) is 61.0 Å². The van der Waals surface area contributed by atoms with E-state index < -0.39 is 11.6 Å². The monoisotopic (exact) mass is 245 g/mol. The number of hydrogen-bond donors (Lipinski definition) is 1. The van der Waals surface area contributed by atoms with Gasteiger partial charge in [-0.05, 0) is 33.2 Å². The lowest BCUT2D eigenvalue weighted by atomic mass is 10.0. The molecule has 1 aliphatic rings. The van der Waals surface area contributed by atoms with Crippen molar-refractivity contribution in [2.45, 2.75) is 38.4 Å². The second-order valence-corrected chi connectivity index (χ2v) is 4.72. The van der Waals surface area contributed by atoms with Crippen molar-refractivity contribution in [3.63, 3.8) is 0 Å². The highest BCUT2D eigenvalue weighted by molar-refractivity contribution is 5.78. The zero-order valence-corrected chi connectivity index (χ0v) is 10.9. The molecule has 0 saturated carbocycles. The van der Waals surface area contributed by atoms with Gasteiger partial charge in [0.2, 0.25) is 0 Å². The predicted molar refractivity (Wildman–Crippen MR) is 63.7 cm³/mol. The smallest absolute Gasteiger partial charge is 0.338 e. The average molecular weight is 245 g/mol. The molecule has 100 valence electrons. The second-order valence-electron chi connectivity index (χ2n) is 4.72. The van der Waals surface area contributed by atoms with Crippen molar-refractivity contribution in [1.29, 1.82) is 0 Å². The summed E-state index contributed by atoms with van der Waals surface area (Å²) in [6.45, 7) is 6.11. The Morgan fingerprint density at radius 2 is 2.29 bits per heavy atom. The Hall–Kier alpha value is -0.650. The third-order valence-corrected chi connectivity index (χ3v) is 3.02. The normalized spacial score (nSPS) is 25.3. The SMILES string of the molecule is CCOC1CCCN(CC(C)(O)C(=O)OC)C1. The van der Waals surface area contributed by atoms with Crippen LogP contribution in [0.15, 0.2) is 0 Å². The number of hydrogen-bond acceptors (Lipinski definition) is 5. The molecule has 5 heteroatoms. The molecular formula is C12H23NO4. The quantitative estimate of drug-likeness (QED) is 0.711. The molecule has 1 heterocycles. The Kier molecular flexibility index (Phi) is 5.36. The minimum atomic E-state index is -1.44. The van der Waals surface area contributed by atoms with Crippen LogP contribution in [0, 0.1) is 0 Å². The number of esters is 1. The molecule has 0 aromatic carbocycles. The van der Waals surface area contributed by atoms with Gasteiger partial charge in [0.25, 0.3) is 0 Å². The fraction of sp³-hybridized carbons (Fsp3) is 0.917. The number of aliphatic hydroxyl groups is 1. The van der Waals surface area contributed by atoms with Crippen molar-refractivity contribution in [3.8, 4) is 0 Å². The summed E-state index contributed by atoms with van der Waals surface area (Å²) in [5, 5.41) is 9.99. The van der Waals surface area contributed by atoms with E-state index in [1.54, 1.807) is 0 Å². The summed E-state index contributed by atoms with van der Waals surface area (Å²) in [7, 11) is 1.29. The molecule has 2 atom stereocenters.